The predicted octanol–water partition coefficient (Wildman–Crippen LogP) is 13.4. The fourth-order valence-corrected chi connectivity index (χ4v) is 8.32. The molecule has 0 spiro atoms. The van der Waals surface area contributed by atoms with Crippen molar-refractivity contribution < 1.29 is 0 Å². The third-order valence-electron chi connectivity index (χ3n) is 9.94. The molecule has 8 aromatic carbocycles. The molecule has 53 heavy (non-hydrogen) atoms. The van der Waals surface area contributed by atoms with Crippen molar-refractivity contribution in [3.05, 3.63) is 188 Å². The molecule has 0 atom stereocenters. The number of nitrogens with zero attached hydrogens (tertiary/aromatic N) is 3. The monoisotopic (exact) mass is 693 g/mol. The molecular weight excluding hydrogens is 663 g/mol. The molecule has 0 aliphatic rings. The Morgan fingerprint density at radius 1 is 0.283 bits per heavy atom. The van der Waals surface area contributed by atoms with E-state index in [0.717, 1.165) is 27.8 Å². The summed E-state index contributed by atoms with van der Waals surface area (Å²) in [6.45, 7) is 0. The molecule has 0 saturated heterocycles. The summed E-state index contributed by atoms with van der Waals surface area (Å²) in [5, 5.41) is 4.89. The van der Waals surface area contributed by atoms with E-state index in [1.165, 1.54) is 53.2 Å². The van der Waals surface area contributed by atoms with Crippen molar-refractivity contribution in [2.24, 2.45) is 0 Å². The molecule has 10 rings (SSSR count). The average Bonchev–Trinajstić information content (AvgIpc) is 3.62. The highest BCUT2D eigenvalue weighted by Crippen LogP contribution is 2.37. The van der Waals surface area contributed by atoms with Gasteiger partial charge in [0.05, 0.1) is 0 Å². The van der Waals surface area contributed by atoms with Gasteiger partial charge in [0.2, 0.25) is 0 Å². The van der Waals surface area contributed by atoms with Crippen LogP contribution in [0.1, 0.15) is 0 Å². The largest absolute Gasteiger partial charge is 0.208 e. The number of rotatable bonds is 6. The number of hydrogen-bond acceptors (Lipinski definition) is 4. The van der Waals surface area contributed by atoms with Crippen LogP contribution in [-0.4, -0.2) is 15.0 Å². The fraction of sp³-hybridized carbons (Fsp3) is 0. The fourth-order valence-electron chi connectivity index (χ4n) is 7.23. The highest BCUT2D eigenvalue weighted by molar-refractivity contribution is 7.25. The van der Waals surface area contributed by atoms with Crippen molar-refractivity contribution in [2.75, 3.05) is 0 Å². The topological polar surface area (TPSA) is 38.7 Å². The summed E-state index contributed by atoms with van der Waals surface area (Å²) in [6.07, 6.45) is 0. The molecule has 2 aromatic heterocycles. The smallest absolute Gasteiger partial charge is 0.164 e. The van der Waals surface area contributed by atoms with Gasteiger partial charge in [-0.1, -0.05) is 152 Å². The minimum Gasteiger partial charge on any atom is -0.208 e. The molecule has 3 nitrogen and oxygen atoms in total. The number of hydrogen-bond donors (Lipinski definition) is 0. The van der Waals surface area contributed by atoms with E-state index in [2.05, 4.69) is 170 Å². The highest BCUT2D eigenvalue weighted by Gasteiger charge is 2.15. The van der Waals surface area contributed by atoms with Crippen molar-refractivity contribution in [3.63, 3.8) is 0 Å². The molecule has 0 N–H and O–H groups in total. The van der Waals surface area contributed by atoms with E-state index in [4.69, 9.17) is 15.0 Å². The maximum absolute atomic E-state index is 5.12. The molecule has 248 valence electrons. The third kappa shape index (κ3) is 5.85. The SMILES string of the molecule is c1ccc(-c2ccc(-c3cccc4ccc(-c5cccc(-c6nc(-c7ccccc7)nc(-c7ccc8sc9ccccc9c8c7)n6)c5)cc34)cc2)cc1. The molecule has 4 heteroatoms. The van der Waals surface area contributed by atoms with Crippen LogP contribution in [0.15, 0.2) is 188 Å². The Hall–Kier alpha value is -6.75. The summed E-state index contributed by atoms with van der Waals surface area (Å²) >= 11 is 1.81. The molecule has 0 radical (unpaired) electrons. The lowest BCUT2D eigenvalue weighted by Gasteiger charge is -2.12. The number of fused-ring (bicyclic) bond motifs is 4. The molecular formula is C49H31N3S. The first-order chi connectivity index (χ1) is 26.2. The molecule has 0 aliphatic carbocycles. The van der Waals surface area contributed by atoms with Crippen LogP contribution < -0.4 is 0 Å². The summed E-state index contributed by atoms with van der Waals surface area (Å²) in [4.78, 5) is 15.2. The Kier molecular flexibility index (Phi) is 7.67. The van der Waals surface area contributed by atoms with Crippen LogP contribution in [0.25, 0.3) is 98.5 Å². The Morgan fingerprint density at radius 2 is 0.792 bits per heavy atom. The van der Waals surface area contributed by atoms with Gasteiger partial charge >= 0.3 is 0 Å². The Balaban J connectivity index is 1.06. The molecule has 10 aromatic rings. The van der Waals surface area contributed by atoms with Crippen molar-refractivity contribution in [3.8, 4) is 67.5 Å². The molecule has 0 aliphatic heterocycles. The van der Waals surface area contributed by atoms with Gasteiger partial charge in [0.25, 0.3) is 0 Å². The number of thiophene rings is 1. The maximum atomic E-state index is 5.12. The van der Waals surface area contributed by atoms with Crippen LogP contribution in [-0.2, 0) is 0 Å². The van der Waals surface area contributed by atoms with Crippen LogP contribution in [0.4, 0.5) is 0 Å². The number of benzene rings is 8. The standard InChI is InChI=1S/C49H31N3S/c1-3-11-32(12-4-1)33-21-23-35(24-22-33)41-19-10-15-34-25-26-38(30-43(34)41)37-16-9-17-39(29-37)48-50-47(36-13-5-2-6-14-36)51-49(52-48)40-27-28-46-44(31-40)42-18-7-8-20-45(42)53-46/h1-31H. The second kappa shape index (κ2) is 13.1. The van der Waals surface area contributed by atoms with Crippen molar-refractivity contribution in [2.45, 2.75) is 0 Å². The molecule has 0 unspecified atom stereocenters. The second-order valence-corrected chi connectivity index (χ2v) is 14.3. The van der Waals surface area contributed by atoms with Gasteiger partial charge in [0.15, 0.2) is 17.5 Å². The van der Waals surface area contributed by atoms with Gasteiger partial charge < -0.3 is 0 Å². The van der Waals surface area contributed by atoms with E-state index in [-0.39, 0.29) is 0 Å². The first-order valence-corrected chi connectivity index (χ1v) is 18.6. The van der Waals surface area contributed by atoms with Gasteiger partial charge in [0, 0.05) is 36.9 Å². The zero-order valence-electron chi connectivity index (χ0n) is 28.6. The Bertz CT molecular complexity index is 2930. The van der Waals surface area contributed by atoms with Crippen LogP contribution in [0.2, 0.25) is 0 Å². The van der Waals surface area contributed by atoms with Gasteiger partial charge in [-0.25, -0.2) is 15.0 Å². The zero-order chi connectivity index (χ0) is 35.1. The summed E-state index contributed by atoms with van der Waals surface area (Å²) in [5.41, 5.74) is 9.95. The predicted molar refractivity (Wildman–Crippen MR) is 223 cm³/mol. The normalized spacial score (nSPS) is 11.4. The van der Waals surface area contributed by atoms with Crippen molar-refractivity contribution >= 4 is 42.3 Å². The summed E-state index contributed by atoms with van der Waals surface area (Å²) < 4.78 is 2.53. The van der Waals surface area contributed by atoms with E-state index in [9.17, 15) is 0 Å². The molecule has 0 saturated carbocycles. The highest BCUT2D eigenvalue weighted by atomic mass is 32.1. The average molecular weight is 694 g/mol. The van der Waals surface area contributed by atoms with Crippen LogP contribution in [0.5, 0.6) is 0 Å². The summed E-state index contributed by atoms with van der Waals surface area (Å²) in [7, 11) is 0. The summed E-state index contributed by atoms with van der Waals surface area (Å²) in [5.74, 6) is 1.95. The molecule has 0 amide bonds. The first-order valence-electron chi connectivity index (χ1n) is 17.8. The molecule has 0 bridgehead atoms. The van der Waals surface area contributed by atoms with Gasteiger partial charge in [0.1, 0.15) is 0 Å². The number of aromatic nitrogens is 3. The zero-order valence-corrected chi connectivity index (χ0v) is 29.5. The lowest BCUT2D eigenvalue weighted by atomic mass is 9.93. The van der Waals surface area contributed by atoms with Gasteiger partial charge in [-0.15, -0.1) is 11.3 Å². The summed E-state index contributed by atoms with van der Waals surface area (Å²) in [6, 6.07) is 66.5. The minimum absolute atomic E-state index is 0.644. The lowest BCUT2D eigenvalue weighted by Crippen LogP contribution is -2.00. The van der Waals surface area contributed by atoms with Gasteiger partial charge in [-0.2, -0.15) is 0 Å². The maximum Gasteiger partial charge on any atom is 0.164 e. The van der Waals surface area contributed by atoms with Gasteiger partial charge in [-0.05, 0) is 80.6 Å². The van der Waals surface area contributed by atoms with E-state index in [1.807, 2.05) is 29.5 Å². The lowest BCUT2D eigenvalue weighted by molar-refractivity contribution is 1.07. The van der Waals surface area contributed by atoms with E-state index < -0.39 is 0 Å². The van der Waals surface area contributed by atoms with Crippen LogP contribution >= 0.6 is 11.3 Å². The first kappa shape index (κ1) is 31.0. The van der Waals surface area contributed by atoms with Gasteiger partial charge in [-0.3, -0.25) is 0 Å². The van der Waals surface area contributed by atoms with E-state index in [0.29, 0.717) is 17.5 Å². The van der Waals surface area contributed by atoms with Crippen LogP contribution in [0, 0.1) is 0 Å². The van der Waals surface area contributed by atoms with E-state index >= 15 is 0 Å². The van der Waals surface area contributed by atoms with E-state index in [1.54, 1.807) is 0 Å². The van der Waals surface area contributed by atoms with Crippen molar-refractivity contribution in [1.29, 1.82) is 0 Å². The van der Waals surface area contributed by atoms with Crippen molar-refractivity contribution in [1.82, 2.24) is 15.0 Å². The Morgan fingerprint density at radius 3 is 1.58 bits per heavy atom. The molecule has 0 fully saturated rings. The minimum atomic E-state index is 0.644. The molecule has 2 heterocycles. The second-order valence-electron chi connectivity index (χ2n) is 13.2. The van der Waals surface area contributed by atoms with Crippen LogP contribution in [0.3, 0.4) is 0 Å². The quantitative estimate of drug-likeness (QED) is 0.174. The third-order valence-corrected chi connectivity index (χ3v) is 11.1. The Labute approximate surface area is 311 Å².